The molecule has 1 unspecified atom stereocenters. The first-order valence-corrected chi connectivity index (χ1v) is 4.99. The maximum atomic E-state index is 8.66. The first kappa shape index (κ1) is 9.51. The number of rotatable bonds is 1. The molecule has 1 heterocycles. The van der Waals surface area contributed by atoms with Crippen LogP contribution in [0, 0.1) is 11.3 Å². The third-order valence-corrected chi connectivity index (χ3v) is 2.99. The molecule has 14 heavy (non-hydrogen) atoms. The van der Waals surface area contributed by atoms with Gasteiger partial charge in [0, 0.05) is 17.6 Å². The summed E-state index contributed by atoms with van der Waals surface area (Å²) in [5.74, 6) is 0. The lowest BCUT2D eigenvalue weighted by molar-refractivity contribution is 0.259. The number of nitrogens with zero attached hydrogens (tertiary/aromatic N) is 2. The Hall–Kier alpha value is -1.04. The van der Waals surface area contributed by atoms with E-state index in [4.69, 9.17) is 16.9 Å². The van der Waals surface area contributed by atoms with E-state index in [2.05, 4.69) is 24.0 Å². The zero-order chi connectivity index (χ0) is 10.1. The molecule has 1 aromatic rings. The van der Waals surface area contributed by atoms with Gasteiger partial charge in [0.25, 0.3) is 0 Å². The predicted octanol–water partition coefficient (Wildman–Crippen LogP) is 2.74. The molecule has 0 aromatic heterocycles. The standard InChI is InChI=1S/C11H11ClN2/c1-8-11-3-2-10(12)6-9(11)7-14(8)5-4-13/h2-3,6,8H,5,7H2,1H3. The van der Waals surface area contributed by atoms with Crippen LogP contribution in [0.15, 0.2) is 18.2 Å². The molecule has 0 saturated heterocycles. The van der Waals surface area contributed by atoms with Crippen LogP contribution in [0.3, 0.4) is 0 Å². The van der Waals surface area contributed by atoms with Crippen molar-refractivity contribution < 1.29 is 0 Å². The highest BCUT2D eigenvalue weighted by Gasteiger charge is 2.25. The molecule has 0 fully saturated rings. The van der Waals surface area contributed by atoms with Crippen LogP contribution in [0.4, 0.5) is 0 Å². The summed E-state index contributed by atoms with van der Waals surface area (Å²) in [6, 6.07) is 8.47. The smallest absolute Gasteiger partial charge is 0.0873 e. The van der Waals surface area contributed by atoms with E-state index in [1.165, 1.54) is 11.1 Å². The van der Waals surface area contributed by atoms with Gasteiger partial charge in [0.05, 0.1) is 12.6 Å². The van der Waals surface area contributed by atoms with Crippen molar-refractivity contribution in [2.24, 2.45) is 0 Å². The minimum Gasteiger partial charge on any atom is -0.279 e. The molecular formula is C11H11ClN2. The van der Waals surface area contributed by atoms with Crippen molar-refractivity contribution in [2.45, 2.75) is 19.5 Å². The Balaban J connectivity index is 2.32. The van der Waals surface area contributed by atoms with Crippen LogP contribution in [0.5, 0.6) is 0 Å². The minimum atomic E-state index is 0.335. The zero-order valence-electron chi connectivity index (χ0n) is 8.00. The van der Waals surface area contributed by atoms with Crippen LogP contribution in [0.25, 0.3) is 0 Å². The van der Waals surface area contributed by atoms with Gasteiger partial charge in [0.15, 0.2) is 0 Å². The minimum absolute atomic E-state index is 0.335. The fourth-order valence-electron chi connectivity index (χ4n) is 1.95. The van der Waals surface area contributed by atoms with E-state index in [1.54, 1.807) is 0 Å². The average molecular weight is 207 g/mol. The third kappa shape index (κ3) is 1.50. The van der Waals surface area contributed by atoms with Gasteiger partial charge in [-0.05, 0) is 30.2 Å². The highest BCUT2D eigenvalue weighted by Crippen LogP contribution is 2.34. The van der Waals surface area contributed by atoms with Gasteiger partial charge in [-0.1, -0.05) is 17.7 Å². The number of benzene rings is 1. The van der Waals surface area contributed by atoms with Gasteiger partial charge < -0.3 is 0 Å². The van der Waals surface area contributed by atoms with Gasteiger partial charge in [0.2, 0.25) is 0 Å². The van der Waals surface area contributed by atoms with Crippen molar-refractivity contribution in [3.8, 4) is 6.07 Å². The van der Waals surface area contributed by atoms with Crippen molar-refractivity contribution in [3.63, 3.8) is 0 Å². The SMILES string of the molecule is CC1c2ccc(Cl)cc2CN1CC#N. The summed E-state index contributed by atoms with van der Waals surface area (Å²) in [4.78, 5) is 2.14. The molecule has 2 nitrogen and oxygen atoms in total. The maximum absolute atomic E-state index is 8.66. The molecule has 0 amide bonds. The molecule has 0 spiro atoms. The van der Waals surface area contributed by atoms with Gasteiger partial charge in [0.1, 0.15) is 0 Å². The second kappa shape index (κ2) is 3.61. The van der Waals surface area contributed by atoms with Gasteiger partial charge in [-0.2, -0.15) is 5.26 Å². The van der Waals surface area contributed by atoms with Gasteiger partial charge >= 0.3 is 0 Å². The molecule has 0 saturated carbocycles. The summed E-state index contributed by atoms with van der Waals surface area (Å²) in [6.45, 7) is 3.44. The second-order valence-corrected chi connectivity index (χ2v) is 4.02. The van der Waals surface area contributed by atoms with Crippen LogP contribution in [-0.2, 0) is 6.54 Å². The van der Waals surface area contributed by atoms with E-state index < -0.39 is 0 Å². The number of nitriles is 1. The van der Waals surface area contributed by atoms with Crippen molar-refractivity contribution in [2.75, 3.05) is 6.54 Å². The van der Waals surface area contributed by atoms with Crippen molar-refractivity contribution in [1.82, 2.24) is 4.90 Å². The highest BCUT2D eigenvalue weighted by atomic mass is 35.5. The highest BCUT2D eigenvalue weighted by molar-refractivity contribution is 6.30. The largest absolute Gasteiger partial charge is 0.279 e. The topological polar surface area (TPSA) is 27.0 Å². The Morgan fingerprint density at radius 1 is 1.64 bits per heavy atom. The second-order valence-electron chi connectivity index (χ2n) is 3.58. The quantitative estimate of drug-likeness (QED) is 0.661. The van der Waals surface area contributed by atoms with Crippen molar-refractivity contribution in [3.05, 3.63) is 34.3 Å². The van der Waals surface area contributed by atoms with E-state index in [0.717, 1.165) is 11.6 Å². The first-order chi connectivity index (χ1) is 6.72. The summed E-state index contributed by atoms with van der Waals surface area (Å²) >= 11 is 5.91. The van der Waals surface area contributed by atoms with E-state index in [1.807, 2.05) is 12.1 Å². The fourth-order valence-corrected chi connectivity index (χ4v) is 2.15. The fraction of sp³-hybridized carbons (Fsp3) is 0.364. The van der Waals surface area contributed by atoms with Gasteiger partial charge in [-0.25, -0.2) is 0 Å². The lowest BCUT2D eigenvalue weighted by Crippen LogP contribution is -2.19. The summed E-state index contributed by atoms with van der Waals surface area (Å²) in [5, 5.41) is 9.43. The van der Waals surface area contributed by atoms with E-state index in [9.17, 15) is 0 Å². The van der Waals surface area contributed by atoms with Crippen LogP contribution in [0.2, 0.25) is 5.02 Å². The number of hydrogen-bond donors (Lipinski definition) is 0. The monoisotopic (exact) mass is 206 g/mol. The van der Waals surface area contributed by atoms with Crippen LogP contribution in [0.1, 0.15) is 24.1 Å². The van der Waals surface area contributed by atoms with Crippen LogP contribution >= 0.6 is 11.6 Å². The Kier molecular flexibility index (Phi) is 2.45. The van der Waals surface area contributed by atoms with E-state index in [0.29, 0.717) is 12.6 Å². The Bertz CT molecular complexity index is 395. The van der Waals surface area contributed by atoms with Gasteiger partial charge in [-0.15, -0.1) is 0 Å². The molecule has 2 rings (SSSR count). The first-order valence-electron chi connectivity index (χ1n) is 4.61. The summed E-state index contributed by atoms with van der Waals surface area (Å²) < 4.78 is 0. The Labute approximate surface area is 88.7 Å². The van der Waals surface area contributed by atoms with Crippen LogP contribution in [-0.4, -0.2) is 11.4 Å². The van der Waals surface area contributed by atoms with Crippen molar-refractivity contribution >= 4 is 11.6 Å². The predicted molar refractivity (Wildman–Crippen MR) is 55.9 cm³/mol. The van der Waals surface area contributed by atoms with Crippen molar-refractivity contribution in [1.29, 1.82) is 5.26 Å². The molecule has 1 atom stereocenters. The summed E-state index contributed by atoms with van der Waals surface area (Å²) in [7, 11) is 0. The molecule has 0 bridgehead atoms. The number of halogens is 1. The molecule has 72 valence electrons. The molecular weight excluding hydrogens is 196 g/mol. The normalized spacial score (nSPS) is 20.5. The molecule has 0 N–H and O–H groups in total. The van der Waals surface area contributed by atoms with E-state index >= 15 is 0 Å². The summed E-state index contributed by atoms with van der Waals surface area (Å²) in [6.07, 6.45) is 0. The number of hydrogen-bond acceptors (Lipinski definition) is 2. The molecule has 0 radical (unpaired) electrons. The van der Waals surface area contributed by atoms with Crippen LogP contribution < -0.4 is 0 Å². The zero-order valence-corrected chi connectivity index (χ0v) is 8.75. The molecule has 3 heteroatoms. The summed E-state index contributed by atoms with van der Waals surface area (Å²) in [5.41, 5.74) is 2.55. The molecule has 0 aliphatic carbocycles. The molecule has 1 aliphatic heterocycles. The molecule has 1 aromatic carbocycles. The Morgan fingerprint density at radius 2 is 2.43 bits per heavy atom. The number of fused-ring (bicyclic) bond motifs is 1. The van der Waals surface area contributed by atoms with Gasteiger partial charge in [-0.3, -0.25) is 4.90 Å². The lowest BCUT2D eigenvalue weighted by Gasteiger charge is -2.17. The lowest BCUT2D eigenvalue weighted by atomic mass is 10.1. The van der Waals surface area contributed by atoms with E-state index in [-0.39, 0.29) is 0 Å². The maximum Gasteiger partial charge on any atom is 0.0873 e. The average Bonchev–Trinajstić information content (AvgIpc) is 2.44. The third-order valence-electron chi connectivity index (χ3n) is 2.75. The Morgan fingerprint density at radius 3 is 3.14 bits per heavy atom. The molecule has 1 aliphatic rings.